The van der Waals surface area contributed by atoms with Crippen LogP contribution in [-0.2, 0) is 14.8 Å². The summed E-state index contributed by atoms with van der Waals surface area (Å²) < 4.78 is 46.3. The van der Waals surface area contributed by atoms with E-state index in [1.807, 2.05) is 0 Å². The molecule has 1 N–H and O–H groups in total. The molecule has 0 spiro atoms. The number of hydrogen-bond acceptors (Lipinski definition) is 5. The molecule has 0 bridgehead atoms. The van der Waals surface area contributed by atoms with Gasteiger partial charge in [0, 0.05) is 37.4 Å². The topological polar surface area (TPSA) is 96.0 Å². The molecule has 166 valence electrons. The number of amides is 2. The zero-order valence-corrected chi connectivity index (χ0v) is 18.1. The summed E-state index contributed by atoms with van der Waals surface area (Å²) in [5.74, 6) is -0.927. The van der Waals surface area contributed by atoms with Crippen molar-refractivity contribution in [1.29, 1.82) is 0 Å². The Balaban J connectivity index is 1.71. The predicted molar refractivity (Wildman–Crippen MR) is 113 cm³/mol. The first-order valence-corrected chi connectivity index (χ1v) is 11.3. The van der Waals surface area contributed by atoms with E-state index in [9.17, 15) is 22.4 Å². The van der Waals surface area contributed by atoms with Crippen molar-refractivity contribution in [3.05, 3.63) is 59.4 Å². The lowest BCUT2D eigenvalue weighted by atomic mass is 10.1. The molecule has 3 rings (SSSR count). The molecule has 0 unspecified atom stereocenters. The Morgan fingerprint density at radius 3 is 2.42 bits per heavy atom. The van der Waals surface area contributed by atoms with E-state index in [-0.39, 0.29) is 23.1 Å². The van der Waals surface area contributed by atoms with Crippen molar-refractivity contribution in [2.24, 2.45) is 0 Å². The van der Waals surface area contributed by atoms with Gasteiger partial charge in [-0.1, -0.05) is 12.1 Å². The first kappa shape index (κ1) is 22.5. The number of sulfonamides is 1. The number of carbonyl (C=O) groups is 2. The van der Waals surface area contributed by atoms with E-state index in [2.05, 4.69) is 4.72 Å². The number of aryl methyl sites for hydroxylation is 1. The average Bonchev–Trinajstić information content (AvgIpc) is 2.75. The van der Waals surface area contributed by atoms with Gasteiger partial charge in [-0.05, 0) is 49.7 Å². The number of anilines is 1. The van der Waals surface area contributed by atoms with Gasteiger partial charge in [0.2, 0.25) is 0 Å². The molecule has 0 atom stereocenters. The van der Waals surface area contributed by atoms with Gasteiger partial charge in [0.05, 0.1) is 11.5 Å². The highest BCUT2D eigenvalue weighted by atomic mass is 32.2. The van der Waals surface area contributed by atoms with Gasteiger partial charge in [0.25, 0.3) is 15.9 Å². The summed E-state index contributed by atoms with van der Waals surface area (Å²) in [6.45, 7) is 4.99. The Hall–Kier alpha value is -3.14. The Labute approximate surface area is 180 Å². The third-order valence-corrected chi connectivity index (χ3v) is 6.42. The quantitative estimate of drug-likeness (QED) is 0.757. The van der Waals surface area contributed by atoms with Crippen LogP contribution in [0.25, 0.3) is 0 Å². The van der Waals surface area contributed by atoms with E-state index >= 15 is 0 Å². The molecular weight excluding hydrogens is 425 g/mol. The average molecular weight is 450 g/mol. The van der Waals surface area contributed by atoms with Gasteiger partial charge < -0.3 is 14.5 Å². The normalized spacial score (nSPS) is 14.3. The number of carbonyl (C=O) groups excluding carboxylic acids is 2. The first-order chi connectivity index (χ1) is 14.7. The summed E-state index contributed by atoms with van der Waals surface area (Å²) in [5, 5.41) is 0. The maximum atomic E-state index is 13.5. The molecule has 2 aromatic carbocycles. The second-order valence-corrected chi connectivity index (χ2v) is 8.73. The number of nitrogens with zero attached hydrogens (tertiary/aromatic N) is 2. The fourth-order valence-corrected chi connectivity index (χ4v) is 4.59. The molecule has 1 aliphatic rings. The van der Waals surface area contributed by atoms with Crippen LogP contribution in [-0.4, -0.2) is 63.0 Å². The number of rotatable bonds is 5. The summed E-state index contributed by atoms with van der Waals surface area (Å²) in [4.78, 5) is 27.6. The molecule has 1 fully saturated rings. The monoisotopic (exact) mass is 449 g/mol. The maximum Gasteiger partial charge on any atom is 0.409 e. The van der Waals surface area contributed by atoms with Crippen molar-refractivity contribution < 1.29 is 27.1 Å². The Morgan fingerprint density at radius 2 is 1.74 bits per heavy atom. The zero-order chi connectivity index (χ0) is 22.6. The van der Waals surface area contributed by atoms with Gasteiger partial charge in [-0.25, -0.2) is 17.6 Å². The summed E-state index contributed by atoms with van der Waals surface area (Å²) >= 11 is 0. The lowest BCUT2D eigenvalue weighted by Crippen LogP contribution is -2.50. The Morgan fingerprint density at radius 1 is 1.06 bits per heavy atom. The van der Waals surface area contributed by atoms with E-state index in [4.69, 9.17) is 4.74 Å². The van der Waals surface area contributed by atoms with E-state index in [1.165, 1.54) is 24.3 Å². The van der Waals surface area contributed by atoms with E-state index in [1.54, 1.807) is 35.8 Å². The minimum absolute atomic E-state index is 0.167. The standard InChI is InChI=1S/C21H24FN3O5S/c1-3-30-21(27)25-11-9-24(10-12-25)20(26)16-5-4-6-18(13-16)23-31(28,29)19-14-17(22)8-7-15(19)2/h4-8,13-14,23H,3,9-12H2,1-2H3. The number of hydrogen-bond donors (Lipinski definition) is 1. The van der Waals surface area contributed by atoms with Crippen LogP contribution in [0, 0.1) is 12.7 Å². The lowest BCUT2D eigenvalue weighted by molar-refractivity contribution is 0.0570. The molecular formula is C21H24FN3O5S. The van der Waals surface area contributed by atoms with Crippen molar-refractivity contribution in [2.75, 3.05) is 37.5 Å². The largest absolute Gasteiger partial charge is 0.450 e. The predicted octanol–water partition coefficient (Wildman–Crippen LogP) is 2.85. The lowest BCUT2D eigenvalue weighted by Gasteiger charge is -2.34. The third-order valence-electron chi connectivity index (χ3n) is 4.89. The van der Waals surface area contributed by atoms with E-state index in [0.717, 1.165) is 6.07 Å². The van der Waals surface area contributed by atoms with Gasteiger partial charge >= 0.3 is 6.09 Å². The minimum atomic E-state index is -4.03. The maximum absolute atomic E-state index is 13.5. The minimum Gasteiger partial charge on any atom is -0.450 e. The zero-order valence-electron chi connectivity index (χ0n) is 17.3. The van der Waals surface area contributed by atoms with Crippen LogP contribution in [0.3, 0.4) is 0 Å². The fraction of sp³-hybridized carbons (Fsp3) is 0.333. The third kappa shape index (κ3) is 5.32. The number of piperazine rings is 1. The highest BCUT2D eigenvalue weighted by Crippen LogP contribution is 2.22. The summed E-state index contributed by atoms with van der Waals surface area (Å²) in [5.41, 5.74) is 0.904. The highest BCUT2D eigenvalue weighted by molar-refractivity contribution is 7.92. The van der Waals surface area contributed by atoms with Gasteiger partial charge in [-0.3, -0.25) is 9.52 Å². The van der Waals surface area contributed by atoms with Gasteiger partial charge in [0.15, 0.2) is 0 Å². The van der Waals surface area contributed by atoms with Crippen molar-refractivity contribution in [3.8, 4) is 0 Å². The molecule has 1 heterocycles. The van der Waals surface area contributed by atoms with E-state index in [0.29, 0.717) is 37.3 Å². The molecule has 10 heteroatoms. The van der Waals surface area contributed by atoms with Gasteiger partial charge in [-0.15, -0.1) is 0 Å². The van der Waals surface area contributed by atoms with Crippen molar-refractivity contribution in [3.63, 3.8) is 0 Å². The van der Waals surface area contributed by atoms with Crippen LogP contribution in [0.4, 0.5) is 14.9 Å². The molecule has 8 nitrogen and oxygen atoms in total. The molecule has 0 aliphatic carbocycles. The molecule has 31 heavy (non-hydrogen) atoms. The molecule has 0 radical (unpaired) electrons. The number of ether oxygens (including phenoxy) is 1. The molecule has 1 aliphatic heterocycles. The molecule has 1 saturated heterocycles. The van der Waals surface area contributed by atoms with E-state index < -0.39 is 21.9 Å². The molecule has 2 amide bonds. The van der Waals surface area contributed by atoms with Crippen LogP contribution in [0.5, 0.6) is 0 Å². The molecule has 0 aromatic heterocycles. The molecule has 2 aromatic rings. The van der Waals surface area contributed by atoms with Crippen LogP contribution in [0.1, 0.15) is 22.8 Å². The van der Waals surface area contributed by atoms with Crippen molar-refractivity contribution in [1.82, 2.24) is 9.80 Å². The fourth-order valence-electron chi connectivity index (χ4n) is 3.28. The summed E-state index contributed by atoms with van der Waals surface area (Å²) in [7, 11) is -4.03. The first-order valence-electron chi connectivity index (χ1n) is 9.81. The van der Waals surface area contributed by atoms with Crippen LogP contribution >= 0.6 is 0 Å². The van der Waals surface area contributed by atoms with Crippen molar-refractivity contribution in [2.45, 2.75) is 18.7 Å². The number of nitrogens with one attached hydrogen (secondary N) is 1. The SMILES string of the molecule is CCOC(=O)N1CCN(C(=O)c2cccc(NS(=O)(=O)c3cc(F)ccc3C)c2)CC1. The molecule has 0 saturated carbocycles. The Bertz CT molecular complexity index is 1080. The summed E-state index contributed by atoms with van der Waals surface area (Å²) in [6, 6.07) is 9.64. The van der Waals surface area contributed by atoms with Gasteiger partial charge in [0.1, 0.15) is 5.82 Å². The number of halogens is 1. The second kappa shape index (κ2) is 9.34. The van der Waals surface area contributed by atoms with Crippen LogP contribution in [0.2, 0.25) is 0 Å². The highest BCUT2D eigenvalue weighted by Gasteiger charge is 2.26. The smallest absolute Gasteiger partial charge is 0.409 e. The summed E-state index contributed by atoms with van der Waals surface area (Å²) in [6.07, 6.45) is -0.404. The van der Waals surface area contributed by atoms with Crippen LogP contribution in [0.15, 0.2) is 47.4 Å². The Kier molecular flexibility index (Phi) is 6.79. The van der Waals surface area contributed by atoms with Crippen molar-refractivity contribution >= 4 is 27.7 Å². The van der Waals surface area contributed by atoms with Gasteiger partial charge in [-0.2, -0.15) is 0 Å². The second-order valence-electron chi connectivity index (χ2n) is 7.07. The van der Waals surface area contributed by atoms with Crippen LogP contribution < -0.4 is 4.72 Å². The number of benzene rings is 2.